The molecule has 2 aromatic rings. The van der Waals surface area contributed by atoms with Crippen molar-refractivity contribution < 1.29 is 14.2 Å². The molecule has 2 rings (SSSR count). The van der Waals surface area contributed by atoms with E-state index in [2.05, 4.69) is 30.4 Å². The van der Waals surface area contributed by atoms with Crippen LogP contribution in [0, 0.1) is 6.92 Å². The number of benzene rings is 2. The molecule has 0 aliphatic rings. The molecule has 0 radical (unpaired) electrons. The maximum Gasteiger partial charge on any atom is 0.134 e. The van der Waals surface area contributed by atoms with Crippen LogP contribution < -0.4 is 14.8 Å². The number of ether oxygens (including phenoxy) is 3. The summed E-state index contributed by atoms with van der Waals surface area (Å²) in [4.78, 5) is 0. The molecule has 1 atom stereocenters. The van der Waals surface area contributed by atoms with E-state index in [-0.39, 0.29) is 6.10 Å². The molecule has 24 heavy (non-hydrogen) atoms. The number of rotatable bonds is 8. The van der Waals surface area contributed by atoms with Gasteiger partial charge in [0.25, 0.3) is 0 Å². The van der Waals surface area contributed by atoms with Crippen LogP contribution in [0.1, 0.15) is 36.1 Å². The highest BCUT2D eigenvalue weighted by Crippen LogP contribution is 2.34. The summed E-state index contributed by atoms with van der Waals surface area (Å²) in [5.41, 5.74) is 3.21. The molecule has 0 aliphatic heterocycles. The Hall–Kier alpha value is -2.04. The minimum absolute atomic E-state index is 0.0717. The molecule has 4 nitrogen and oxygen atoms in total. The van der Waals surface area contributed by atoms with Crippen molar-refractivity contribution in [1.29, 1.82) is 0 Å². The first-order valence-electron chi connectivity index (χ1n) is 8.26. The molecule has 2 aromatic carbocycles. The predicted octanol–water partition coefficient (Wildman–Crippen LogP) is 4.61. The van der Waals surface area contributed by atoms with Crippen molar-refractivity contribution in [3.05, 3.63) is 53.1 Å². The molecule has 0 fully saturated rings. The molecule has 1 unspecified atom stereocenters. The lowest BCUT2D eigenvalue weighted by molar-refractivity contribution is 0.0998. The molecule has 1 N–H and O–H groups in total. The van der Waals surface area contributed by atoms with Crippen LogP contribution in [0.15, 0.2) is 36.4 Å². The fourth-order valence-corrected chi connectivity index (χ4v) is 2.79. The summed E-state index contributed by atoms with van der Waals surface area (Å²) in [5, 5.41) is 3.19. The van der Waals surface area contributed by atoms with Gasteiger partial charge in [0.1, 0.15) is 17.2 Å². The van der Waals surface area contributed by atoms with Crippen LogP contribution in [-0.4, -0.2) is 21.3 Å². The molecule has 0 bridgehead atoms. The van der Waals surface area contributed by atoms with E-state index in [4.69, 9.17) is 14.2 Å². The topological polar surface area (TPSA) is 39.7 Å². The van der Waals surface area contributed by atoms with Gasteiger partial charge < -0.3 is 19.5 Å². The van der Waals surface area contributed by atoms with Gasteiger partial charge in [-0.15, -0.1) is 0 Å². The van der Waals surface area contributed by atoms with E-state index >= 15 is 0 Å². The largest absolute Gasteiger partial charge is 0.496 e. The van der Waals surface area contributed by atoms with Crippen LogP contribution in [-0.2, 0) is 11.3 Å². The summed E-state index contributed by atoms with van der Waals surface area (Å²) in [6, 6.07) is 12.1. The molecule has 0 heterocycles. The molecular weight excluding hydrogens is 302 g/mol. The van der Waals surface area contributed by atoms with Gasteiger partial charge in [0.05, 0.1) is 13.2 Å². The lowest BCUT2D eigenvalue weighted by atomic mass is 10.0. The van der Waals surface area contributed by atoms with E-state index in [9.17, 15) is 0 Å². The molecule has 0 amide bonds. The van der Waals surface area contributed by atoms with Crippen molar-refractivity contribution in [2.75, 3.05) is 21.3 Å². The molecule has 0 saturated carbocycles. The average molecular weight is 329 g/mol. The Labute approximate surface area is 144 Å². The van der Waals surface area contributed by atoms with Crippen molar-refractivity contribution in [3.8, 4) is 17.2 Å². The fourth-order valence-electron chi connectivity index (χ4n) is 2.79. The van der Waals surface area contributed by atoms with E-state index in [1.54, 1.807) is 14.2 Å². The van der Waals surface area contributed by atoms with E-state index in [1.165, 1.54) is 0 Å². The van der Waals surface area contributed by atoms with E-state index in [1.807, 2.05) is 32.2 Å². The van der Waals surface area contributed by atoms with Crippen LogP contribution in [0.3, 0.4) is 0 Å². The van der Waals surface area contributed by atoms with Gasteiger partial charge in [-0.25, -0.2) is 0 Å². The van der Waals surface area contributed by atoms with Crippen LogP contribution in [0.4, 0.5) is 0 Å². The Morgan fingerprint density at radius 3 is 2.42 bits per heavy atom. The highest BCUT2D eigenvalue weighted by atomic mass is 16.5. The summed E-state index contributed by atoms with van der Waals surface area (Å²) in [6.45, 7) is 4.85. The highest BCUT2D eigenvalue weighted by molar-refractivity contribution is 5.48. The molecule has 0 spiro atoms. The van der Waals surface area contributed by atoms with Gasteiger partial charge in [-0.3, -0.25) is 0 Å². The average Bonchev–Trinajstić information content (AvgIpc) is 2.60. The van der Waals surface area contributed by atoms with Crippen molar-refractivity contribution in [2.45, 2.75) is 32.9 Å². The second-order valence-corrected chi connectivity index (χ2v) is 5.72. The lowest BCUT2D eigenvalue weighted by Crippen LogP contribution is -2.08. The SMILES string of the molecule is CCC(OC)c1ccc(CNC)c(Oc2cccc(OC)c2C)c1. The van der Waals surface area contributed by atoms with E-state index < -0.39 is 0 Å². The third-order valence-corrected chi connectivity index (χ3v) is 4.16. The second kappa shape index (κ2) is 8.71. The van der Waals surface area contributed by atoms with E-state index in [0.717, 1.165) is 46.9 Å². The molecule has 4 heteroatoms. The van der Waals surface area contributed by atoms with Crippen LogP contribution in [0.5, 0.6) is 17.2 Å². The first-order chi connectivity index (χ1) is 11.6. The van der Waals surface area contributed by atoms with Gasteiger partial charge in [0, 0.05) is 24.8 Å². The molecule has 0 aliphatic carbocycles. The van der Waals surface area contributed by atoms with Crippen molar-refractivity contribution in [3.63, 3.8) is 0 Å². The molecule has 130 valence electrons. The van der Waals surface area contributed by atoms with Crippen molar-refractivity contribution in [2.24, 2.45) is 0 Å². The highest BCUT2D eigenvalue weighted by Gasteiger charge is 2.14. The van der Waals surface area contributed by atoms with Gasteiger partial charge in [0.15, 0.2) is 0 Å². The van der Waals surface area contributed by atoms with Crippen LogP contribution >= 0.6 is 0 Å². The minimum Gasteiger partial charge on any atom is -0.496 e. The summed E-state index contributed by atoms with van der Waals surface area (Å²) < 4.78 is 17.2. The number of nitrogens with one attached hydrogen (secondary N) is 1. The van der Waals surface area contributed by atoms with Gasteiger partial charge in [-0.1, -0.05) is 25.1 Å². The van der Waals surface area contributed by atoms with Gasteiger partial charge in [-0.05, 0) is 44.2 Å². The predicted molar refractivity (Wildman–Crippen MR) is 97.1 cm³/mol. The Morgan fingerprint density at radius 1 is 1.04 bits per heavy atom. The third kappa shape index (κ3) is 4.08. The molecular formula is C20H27NO3. The quantitative estimate of drug-likeness (QED) is 0.767. The van der Waals surface area contributed by atoms with Gasteiger partial charge >= 0.3 is 0 Å². The monoisotopic (exact) mass is 329 g/mol. The lowest BCUT2D eigenvalue weighted by Gasteiger charge is -2.18. The standard InChI is InChI=1S/C20H27NO3/c1-6-17(22-4)15-10-11-16(13-21-3)20(12-15)24-19-9-7-8-18(23-5)14(19)2/h7-12,17,21H,6,13H2,1-5H3. The first kappa shape index (κ1) is 18.3. The number of hydrogen-bond donors (Lipinski definition) is 1. The maximum atomic E-state index is 6.24. The smallest absolute Gasteiger partial charge is 0.134 e. The van der Waals surface area contributed by atoms with Crippen LogP contribution in [0.25, 0.3) is 0 Å². The Morgan fingerprint density at radius 2 is 1.79 bits per heavy atom. The zero-order chi connectivity index (χ0) is 17.5. The van der Waals surface area contributed by atoms with Gasteiger partial charge in [0.2, 0.25) is 0 Å². The zero-order valence-corrected chi connectivity index (χ0v) is 15.2. The Bertz CT molecular complexity index is 666. The minimum atomic E-state index is 0.0717. The second-order valence-electron chi connectivity index (χ2n) is 5.72. The Balaban J connectivity index is 2.41. The van der Waals surface area contributed by atoms with Crippen LogP contribution in [0.2, 0.25) is 0 Å². The molecule has 0 saturated heterocycles. The third-order valence-electron chi connectivity index (χ3n) is 4.16. The Kier molecular flexibility index (Phi) is 6.64. The summed E-state index contributed by atoms with van der Waals surface area (Å²) in [7, 11) is 5.34. The summed E-state index contributed by atoms with van der Waals surface area (Å²) in [6.07, 6.45) is 0.988. The number of methoxy groups -OCH3 is 2. The van der Waals surface area contributed by atoms with E-state index in [0.29, 0.717) is 0 Å². The zero-order valence-electron chi connectivity index (χ0n) is 15.2. The summed E-state index contributed by atoms with van der Waals surface area (Å²) >= 11 is 0. The van der Waals surface area contributed by atoms with Crippen molar-refractivity contribution >= 4 is 0 Å². The summed E-state index contributed by atoms with van der Waals surface area (Å²) in [5.74, 6) is 2.46. The number of hydrogen-bond acceptors (Lipinski definition) is 4. The maximum absolute atomic E-state index is 6.24. The normalized spacial score (nSPS) is 12.0. The van der Waals surface area contributed by atoms with Crippen molar-refractivity contribution in [1.82, 2.24) is 5.32 Å². The van der Waals surface area contributed by atoms with Gasteiger partial charge in [-0.2, -0.15) is 0 Å². The molecule has 0 aromatic heterocycles. The fraction of sp³-hybridized carbons (Fsp3) is 0.400. The first-order valence-corrected chi connectivity index (χ1v) is 8.26.